The van der Waals surface area contributed by atoms with Crippen LogP contribution in [0.1, 0.15) is 5.56 Å². The maximum atomic E-state index is 10.9. The van der Waals surface area contributed by atoms with Crippen molar-refractivity contribution in [2.45, 2.75) is 13.5 Å². The lowest BCUT2D eigenvalue weighted by atomic mass is 10.2. The molecule has 0 spiro atoms. The van der Waals surface area contributed by atoms with E-state index in [1.165, 1.54) is 0 Å². The summed E-state index contributed by atoms with van der Waals surface area (Å²) in [6, 6.07) is 3.45. The Labute approximate surface area is 104 Å². The minimum Gasteiger partial charge on any atom is -0.362 e. The van der Waals surface area contributed by atoms with Gasteiger partial charge in [0.15, 0.2) is 0 Å². The smallest absolute Gasteiger partial charge is 0.314 e. The molecule has 0 amide bonds. The average molecular weight is 247 g/mol. The van der Waals surface area contributed by atoms with Crippen LogP contribution in [0.25, 0.3) is 0 Å². The van der Waals surface area contributed by atoms with Crippen LogP contribution in [-0.4, -0.2) is 26.2 Å². The minimum atomic E-state index is -0.418. The van der Waals surface area contributed by atoms with Gasteiger partial charge in [-0.3, -0.25) is 14.8 Å². The van der Waals surface area contributed by atoms with Crippen molar-refractivity contribution >= 4 is 11.5 Å². The summed E-state index contributed by atoms with van der Waals surface area (Å²) in [4.78, 5) is 14.5. The van der Waals surface area contributed by atoms with Crippen LogP contribution in [0.5, 0.6) is 0 Å². The Morgan fingerprint density at radius 3 is 3.00 bits per heavy atom. The molecule has 2 aromatic rings. The summed E-state index contributed by atoms with van der Waals surface area (Å²) in [5, 5.41) is 17.9. The van der Waals surface area contributed by atoms with Gasteiger partial charge in [-0.05, 0) is 19.1 Å². The number of rotatable bonds is 5. The molecule has 0 bridgehead atoms. The summed E-state index contributed by atoms with van der Waals surface area (Å²) >= 11 is 0. The van der Waals surface area contributed by atoms with E-state index in [1.54, 1.807) is 30.1 Å². The van der Waals surface area contributed by atoms with Crippen molar-refractivity contribution in [2.24, 2.45) is 0 Å². The SMILES string of the molecule is Cc1ccnc(NCCn2cccn2)c1[N+](=O)[O-]. The standard InChI is InChI=1S/C11H13N5O2/c1-9-3-5-12-11(10(9)16(17)18)13-6-8-15-7-2-4-14-15/h2-5,7H,6,8H2,1H3,(H,12,13). The summed E-state index contributed by atoms with van der Waals surface area (Å²) in [7, 11) is 0. The first kappa shape index (κ1) is 12.0. The lowest BCUT2D eigenvalue weighted by Crippen LogP contribution is -2.13. The van der Waals surface area contributed by atoms with E-state index < -0.39 is 4.92 Å². The van der Waals surface area contributed by atoms with Crippen LogP contribution < -0.4 is 5.32 Å². The first-order chi connectivity index (χ1) is 8.68. The Morgan fingerprint density at radius 2 is 2.33 bits per heavy atom. The monoisotopic (exact) mass is 247 g/mol. The van der Waals surface area contributed by atoms with Gasteiger partial charge in [0, 0.05) is 30.7 Å². The van der Waals surface area contributed by atoms with Gasteiger partial charge in [-0.1, -0.05) is 0 Å². The maximum absolute atomic E-state index is 10.9. The molecule has 0 aromatic carbocycles. The Kier molecular flexibility index (Phi) is 3.52. The molecule has 0 radical (unpaired) electrons. The summed E-state index contributed by atoms with van der Waals surface area (Å²) in [6.07, 6.45) is 5.08. The van der Waals surface area contributed by atoms with E-state index >= 15 is 0 Å². The third-order valence-electron chi connectivity index (χ3n) is 2.50. The molecule has 0 aliphatic heterocycles. The largest absolute Gasteiger partial charge is 0.362 e. The number of anilines is 1. The van der Waals surface area contributed by atoms with Gasteiger partial charge in [0.25, 0.3) is 0 Å². The Morgan fingerprint density at radius 1 is 1.50 bits per heavy atom. The molecule has 2 aromatic heterocycles. The van der Waals surface area contributed by atoms with Crippen LogP contribution in [-0.2, 0) is 6.54 Å². The van der Waals surface area contributed by atoms with E-state index in [4.69, 9.17) is 0 Å². The third kappa shape index (κ3) is 2.62. The molecule has 0 atom stereocenters. The van der Waals surface area contributed by atoms with Crippen molar-refractivity contribution in [1.29, 1.82) is 0 Å². The number of aromatic nitrogens is 3. The quantitative estimate of drug-likeness (QED) is 0.640. The van der Waals surface area contributed by atoms with Gasteiger partial charge in [0.1, 0.15) is 0 Å². The highest BCUT2D eigenvalue weighted by Gasteiger charge is 2.17. The molecule has 2 rings (SSSR count). The van der Waals surface area contributed by atoms with Crippen LogP contribution in [0.2, 0.25) is 0 Å². The molecule has 2 heterocycles. The predicted octanol–water partition coefficient (Wildman–Crippen LogP) is 1.61. The predicted molar refractivity (Wildman–Crippen MR) is 66.3 cm³/mol. The zero-order chi connectivity index (χ0) is 13.0. The zero-order valence-corrected chi connectivity index (χ0v) is 9.91. The van der Waals surface area contributed by atoms with Gasteiger partial charge >= 0.3 is 5.69 Å². The highest BCUT2D eigenvalue weighted by atomic mass is 16.6. The topological polar surface area (TPSA) is 85.9 Å². The molecule has 0 aliphatic carbocycles. The number of hydrogen-bond acceptors (Lipinski definition) is 5. The van der Waals surface area contributed by atoms with Crippen LogP contribution in [0, 0.1) is 17.0 Å². The fraction of sp³-hybridized carbons (Fsp3) is 0.273. The lowest BCUT2D eigenvalue weighted by molar-refractivity contribution is -0.384. The molecule has 0 aliphatic rings. The highest BCUT2D eigenvalue weighted by molar-refractivity contribution is 5.59. The fourth-order valence-electron chi connectivity index (χ4n) is 1.63. The zero-order valence-electron chi connectivity index (χ0n) is 9.91. The van der Waals surface area contributed by atoms with E-state index in [9.17, 15) is 10.1 Å². The van der Waals surface area contributed by atoms with Crippen LogP contribution >= 0.6 is 0 Å². The van der Waals surface area contributed by atoms with Gasteiger partial charge < -0.3 is 5.32 Å². The summed E-state index contributed by atoms with van der Waals surface area (Å²) < 4.78 is 1.74. The van der Waals surface area contributed by atoms with Crippen molar-refractivity contribution in [1.82, 2.24) is 14.8 Å². The summed E-state index contributed by atoms with van der Waals surface area (Å²) in [5.74, 6) is 0.298. The number of nitrogens with zero attached hydrogens (tertiary/aromatic N) is 4. The number of nitrogens with one attached hydrogen (secondary N) is 1. The van der Waals surface area contributed by atoms with E-state index in [0.29, 0.717) is 24.5 Å². The van der Waals surface area contributed by atoms with Crippen molar-refractivity contribution in [3.63, 3.8) is 0 Å². The molecule has 7 nitrogen and oxygen atoms in total. The van der Waals surface area contributed by atoms with E-state index in [1.807, 2.05) is 12.3 Å². The third-order valence-corrected chi connectivity index (χ3v) is 2.50. The lowest BCUT2D eigenvalue weighted by Gasteiger charge is -2.07. The number of aryl methyl sites for hydroxylation is 1. The molecule has 1 N–H and O–H groups in total. The maximum Gasteiger partial charge on any atom is 0.314 e. The van der Waals surface area contributed by atoms with Gasteiger partial charge in [-0.2, -0.15) is 5.10 Å². The first-order valence-electron chi connectivity index (χ1n) is 5.50. The molecular weight excluding hydrogens is 234 g/mol. The van der Waals surface area contributed by atoms with Crippen LogP contribution in [0.3, 0.4) is 0 Å². The number of hydrogen-bond donors (Lipinski definition) is 1. The second-order valence-electron chi connectivity index (χ2n) is 3.78. The molecule has 0 saturated heterocycles. The van der Waals surface area contributed by atoms with Crippen molar-refractivity contribution in [2.75, 3.05) is 11.9 Å². The Bertz CT molecular complexity index is 538. The minimum absolute atomic E-state index is 0.0259. The second-order valence-corrected chi connectivity index (χ2v) is 3.78. The molecule has 0 unspecified atom stereocenters. The number of nitro groups is 1. The molecule has 0 fully saturated rings. The average Bonchev–Trinajstić information content (AvgIpc) is 2.81. The van der Waals surface area contributed by atoms with Crippen LogP contribution in [0.4, 0.5) is 11.5 Å². The Balaban J connectivity index is 2.05. The van der Waals surface area contributed by atoms with E-state index in [-0.39, 0.29) is 5.69 Å². The summed E-state index contributed by atoms with van der Waals surface area (Å²) in [5.41, 5.74) is 0.620. The second kappa shape index (κ2) is 5.26. The van der Waals surface area contributed by atoms with Crippen molar-refractivity contribution in [3.05, 3.63) is 46.4 Å². The van der Waals surface area contributed by atoms with Gasteiger partial charge in [-0.25, -0.2) is 4.98 Å². The van der Waals surface area contributed by atoms with Crippen molar-refractivity contribution in [3.8, 4) is 0 Å². The van der Waals surface area contributed by atoms with E-state index in [0.717, 1.165) is 0 Å². The fourth-order valence-corrected chi connectivity index (χ4v) is 1.63. The summed E-state index contributed by atoms with van der Waals surface area (Å²) in [6.45, 7) is 2.84. The highest BCUT2D eigenvalue weighted by Crippen LogP contribution is 2.24. The molecule has 7 heteroatoms. The van der Waals surface area contributed by atoms with Crippen molar-refractivity contribution < 1.29 is 4.92 Å². The molecule has 0 saturated carbocycles. The molecule has 94 valence electrons. The first-order valence-corrected chi connectivity index (χ1v) is 5.50. The van der Waals surface area contributed by atoms with Gasteiger partial charge in [0.05, 0.1) is 11.5 Å². The number of pyridine rings is 1. The van der Waals surface area contributed by atoms with E-state index in [2.05, 4.69) is 15.4 Å². The molecular formula is C11H13N5O2. The van der Waals surface area contributed by atoms with Gasteiger partial charge in [0.2, 0.25) is 5.82 Å². The Hall–Kier alpha value is -2.44. The normalized spacial score (nSPS) is 10.3. The molecule has 18 heavy (non-hydrogen) atoms. The van der Waals surface area contributed by atoms with Gasteiger partial charge in [-0.15, -0.1) is 0 Å². The van der Waals surface area contributed by atoms with Crippen LogP contribution in [0.15, 0.2) is 30.7 Å².